The van der Waals surface area contributed by atoms with Crippen LogP contribution in [0.5, 0.6) is 5.75 Å². The average molecular weight is 353 g/mol. The Labute approximate surface area is 153 Å². The number of ether oxygens (including phenoxy) is 1. The fraction of sp³-hybridized carbons (Fsp3) is 0.300. The number of nitrogens with one attached hydrogen (secondary N) is 1. The van der Waals surface area contributed by atoms with Crippen molar-refractivity contribution in [1.29, 1.82) is 5.26 Å². The lowest BCUT2D eigenvalue weighted by molar-refractivity contribution is -0.138. The summed E-state index contributed by atoms with van der Waals surface area (Å²) in [5.41, 5.74) is 9.07. The van der Waals surface area contributed by atoms with Gasteiger partial charge in [-0.15, -0.1) is 0 Å². The second kappa shape index (κ2) is 8.26. The Kier molecular flexibility index (Phi) is 6.07. The SMILES string of the molecule is CCOc1c(C(C)C)ccc(C(Nc2ccc(C#N)cc2)C(=O)O)c1N. The number of rotatable bonds is 7. The van der Waals surface area contributed by atoms with E-state index in [4.69, 9.17) is 15.7 Å². The Bertz CT molecular complexity index is 823. The molecule has 0 aliphatic heterocycles. The summed E-state index contributed by atoms with van der Waals surface area (Å²) in [4.78, 5) is 11.9. The molecule has 0 aliphatic carbocycles. The number of carboxylic acid groups (broad SMARTS) is 1. The number of aliphatic carboxylic acids is 1. The molecule has 2 aromatic rings. The molecule has 0 saturated heterocycles. The molecule has 0 spiro atoms. The number of anilines is 2. The maximum absolute atomic E-state index is 11.9. The molecule has 0 saturated carbocycles. The number of benzene rings is 2. The molecule has 1 unspecified atom stereocenters. The lowest BCUT2D eigenvalue weighted by atomic mass is 9.95. The number of nitrogens with two attached hydrogens (primary N) is 1. The Morgan fingerprint density at radius 1 is 1.23 bits per heavy atom. The minimum absolute atomic E-state index is 0.197. The number of nitrogens with zero attached hydrogens (tertiary/aromatic N) is 1. The first-order valence-corrected chi connectivity index (χ1v) is 8.43. The lowest BCUT2D eigenvalue weighted by Crippen LogP contribution is -2.22. The molecule has 4 N–H and O–H groups in total. The van der Waals surface area contributed by atoms with Gasteiger partial charge in [0.15, 0.2) is 6.04 Å². The van der Waals surface area contributed by atoms with Gasteiger partial charge in [-0.2, -0.15) is 5.26 Å². The molecule has 0 aliphatic rings. The standard InChI is InChI=1S/C20H23N3O3/c1-4-26-19-15(12(2)3)9-10-16(17(19)22)18(20(24)25)23-14-7-5-13(11-21)6-8-14/h5-10,12,18,23H,4,22H2,1-3H3,(H,24,25). The molecule has 0 heterocycles. The Hall–Kier alpha value is -3.20. The van der Waals surface area contributed by atoms with Crippen LogP contribution in [0.25, 0.3) is 0 Å². The van der Waals surface area contributed by atoms with E-state index in [2.05, 4.69) is 5.32 Å². The van der Waals surface area contributed by atoms with Crippen LogP contribution in [0.4, 0.5) is 11.4 Å². The first-order valence-electron chi connectivity index (χ1n) is 8.43. The molecule has 0 amide bonds. The molecule has 0 fully saturated rings. The maximum atomic E-state index is 11.9. The van der Waals surface area contributed by atoms with E-state index in [9.17, 15) is 9.90 Å². The molecule has 136 valence electrons. The number of hydrogen-bond donors (Lipinski definition) is 3. The molecule has 0 bridgehead atoms. The topological polar surface area (TPSA) is 108 Å². The molecule has 1 atom stereocenters. The highest BCUT2D eigenvalue weighted by Gasteiger charge is 2.25. The average Bonchev–Trinajstić information content (AvgIpc) is 2.62. The van der Waals surface area contributed by atoms with Gasteiger partial charge in [0.05, 0.1) is 23.9 Å². The highest BCUT2D eigenvalue weighted by Crippen LogP contribution is 2.38. The van der Waals surface area contributed by atoms with Crippen molar-refractivity contribution in [2.24, 2.45) is 0 Å². The van der Waals surface area contributed by atoms with Gasteiger partial charge < -0.3 is 20.9 Å². The summed E-state index contributed by atoms with van der Waals surface area (Å²) in [7, 11) is 0. The molecule has 0 radical (unpaired) electrons. The van der Waals surface area contributed by atoms with E-state index in [0.29, 0.717) is 34.9 Å². The van der Waals surface area contributed by atoms with E-state index in [-0.39, 0.29) is 5.92 Å². The summed E-state index contributed by atoms with van der Waals surface area (Å²) in [6, 6.07) is 11.1. The zero-order chi connectivity index (χ0) is 19.3. The predicted molar refractivity (Wildman–Crippen MR) is 101 cm³/mol. The predicted octanol–water partition coefficient (Wildman–Crippen LogP) is 3.90. The van der Waals surface area contributed by atoms with E-state index in [1.54, 1.807) is 30.3 Å². The summed E-state index contributed by atoms with van der Waals surface area (Å²) in [5, 5.41) is 21.5. The van der Waals surface area contributed by atoms with E-state index in [1.165, 1.54) is 0 Å². The minimum atomic E-state index is -1.05. The van der Waals surface area contributed by atoms with E-state index in [0.717, 1.165) is 5.56 Å². The number of carboxylic acids is 1. The van der Waals surface area contributed by atoms with Gasteiger partial charge in [0.2, 0.25) is 0 Å². The van der Waals surface area contributed by atoms with Gasteiger partial charge in [0, 0.05) is 11.3 Å². The van der Waals surface area contributed by atoms with Crippen LogP contribution >= 0.6 is 0 Å². The van der Waals surface area contributed by atoms with Gasteiger partial charge in [0.1, 0.15) is 5.75 Å². The van der Waals surface area contributed by atoms with Crippen LogP contribution in [0.2, 0.25) is 0 Å². The molecular formula is C20H23N3O3. The van der Waals surface area contributed by atoms with Gasteiger partial charge in [-0.3, -0.25) is 0 Å². The maximum Gasteiger partial charge on any atom is 0.330 e. The molecule has 26 heavy (non-hydrogen) atoms. The minimum Gasteiger partial charge on any atom is -0.491 e. The zero-order valence-electron chi connectivity index (χ0n) is 15.1. The fourth-order valence-electron chi connectivity index (χ4n) is 2.72. The molecule has 2 aromatic carbocycles. The van der Waals surface area contributed by atoms with Crippen molar-refractivity contribution in [1.82, 2.24) is 0 Å². The quantitative estimate of drug-likeness (QED) is 0.651. The third-order valence-electron chi connectivity index (χ3n) is 4.05. The van der Waals surface area contributed by atoms with Crippen LogP contribution in [0.15, 0.2) is 36.4 Å². The summed E-state index contributed by atoms with van der Waals surface area (Å²) < 4.78 is 5.70. The van der Waals surface area contributed by atoms with E-state index < -0.39 is 12.0 Å². The molecule has 6 heteroatoms. The summed E-state index contributed by atoms with van der Waals surface area (Å²) >= 11 is 0. The summed E-state index contributed by atoms with van der Waals surface area (Å²) in [6.07, 6.45) is 0. The van der Waals surface area contributed by atoms with Crippen molar-refractivity contribution in [3.05, 3.63) is 53.1 Å². The van der Waals surface area contributed by atoms with Crippen molar-refractivity contribution < 1.29 is 14.6 Å². The van der Waals surface area contributed by atoms with Crippen molar-refractivity contribution in [3.8, 4) is 11.8 Å². The summed E-state index contributed by atoms with van der Waals surface area (Å²) in [6.45, 7) is 6.36. The second-order valence-corrected chi connectivity index (χ2v) is 6.18. The van der Waals surface area contributed by atoms with Crippen LogP contribution < -0.4 is 15.8 Å². The smallest absolute Gasteiger partial charge is 0.330 e. The van der Waals surface area contributed by atoms with Gasteiger partial charge in [-0.1, -0.05) is 26.0 Å². The van der Waals surface area contributed by atoms with Gasteiger partial charge >= 0.3 is 5.97 Å². The first kappa shape index (κ1) is 19.1. The Balaban J connectivity index is 2.44. The van der Waals surface area contributed by atoms with Crippen molar-refractivity contribution in [2.45, 2.75) is 32.7 Å². The van der Waals surface area contributed by atoms with E-state index >= 15 is 0 Å². The van der Waals surface area contributed by atoms with Gasteiger partial charge in [0.25, 0.3) is 0 Å². The molecule has 0 aromatic heterocycles. The van der Waals surface area contributed by atoms with Crippen molar-refractivity contribution in [2.75, 3.05) is 17.7 Å². The van der Waals surface area contributed by atoms with Crippen LogP contribution in [0.1, 0.15) is 49.4 Å². The third-order valence-corrected chi connectivity index (χ3v) is 4.05. The van der Waals surface area contributed by atoms with Gasteiger partial charge in [-0.05, 0) is 42.7 Å². The Morgan fingerprint density at radius 2 is 1.85 bits per heavy atom. The Morgan fingerprint density at radius 3 is 2.35 bits per heavy atom. The fourth-order valence-corrected chi connectivity index (χ4v) is 2.72. The zero-order valence-corrected chi connectivity index (χ0v) is 15.1. The second-order valence-electron chi connectivity index (χ2n) is 6.18. The first-order chi connectivity index (χ1) is 12.4. The van der Waals surface area contributed by atoms with Crippen molar-refractivity contribution >= 4 is 17.3 Å². The monoisotopic (exact) mass is 353 g/mol. The normalized spacial score (nSPS) is 11.7. The molecular weight excluding hydrogens is 330 g/mol. The van der Waals surface area contributed by atoms with Crippen molar-refractivity contribution in [3.63, 3.8) is 0 Å². The number of nitrogen functional groups attached to an aromatic ring is 1. The van der Waals surface area contributed by atoms with Crippen LogP contribution in [-0.4, -0.2) is 17.7 Å². The van der Waals surface area contributed by atoms with Crippen LogP contribution in [0.3, 0.4) is 0 Å². The largest absolute Gasteiger partial charge is 0.491 e. The van der Waals surface area contributed by atoms with E-state index in [1.807, 2.05) is 32.9 Å². The van der Waals surface area contributed by atoms with Gasteiger partial charge in [-0.25, -0.2) is 4.79 Å². The highest BCUT2D eigenvalue weighted by atomic mass is 16.5. The van der Waals surface area contributed by atoms with Crippen LogP contribution in [0, 0.1) is 11.3 Å². The number of nitriles is 1. The molecule has 2 rings (SSSR count). The molecule has 6 nitrogen and oxygen atoms in total. The number of carbonyl (C=O) groups is 1. The van der Waals surface area contributed by atoms with Crippen LogP contribution in [-0.2, 0) is 4.79 Å². The third kappa shape index (κ3) is 4.06. The lowest BCUT2D eigenvalue weighted by Gasteiger charge is -2.22. The highest BCUT2D eigenvalue weighted by molar-refractivity contribution is 5.83. The number of hydrogen-bond acceptors (Lipinski definition) is 5. The summed E-state index contributed by atoms with van der Waals surface area (Å²) in [5.74, 6) is -0.323.